The Hall–Kier alpha value is -3.73. The van der Waals surface area contributed by atoms with Gasteiger partial charge in [0.1, 0.15) is 5.82 Å². The minimum atomic E-state index is 0.671. The second kappa shape index (κ2) is 8.97. The van der Waals surface area contributed by atoms with E-state index in [0.717, 1.165) is 34.9 Å². The minimum absolute atomic E-state index is 0.671. The molecule has 0 amide bonds. The molecule has 29 heavy (non-hydrogen) atoms. The average molecular weight is 381 g/mol. The summed E-state index contributed by atoms with van der Waals surface area (Å²) >= 11 is 0. The Morgan fingerprint density at radius 3 is 2.21 bits per heavy atom. The predicted octanol–water partition coefficient (Wildman–Crippen LogP) is 5.31. The first-order valence-corrected chi connectivity index (χ1v) is 9.73. The molecule has 0 radical (unpaired) electrons. The van der Waals surface area contributed by atoms with E-state index in [-0.39, 0.29) is 0 Å². The molecule has 0 bridgehead atoms. The van der Waals surface area contributed by atoms with Crippen LogP contribution in [0.15, 0.2) is 91.3 Å². The first-order chi connectivity index (χ1) is 14.3. The topological polar surface area (TPSA) is 53.9 Å². The van der Waals surface area contributed by atoms with Crippen molar-refractivity contribution >= 4 is 17.5 Å². The average Bonchev–Trinajstić information content (AvgIpc) is 2.80. The van der Waals surface area contributed by atoms with Crippen molar-refractivity contribution in [2.45, 2.75) is 13.5 Å². The van der Waals surface area contributed by atoms with Gasteiger partial charge in [-0.15, -0.1) is 0 Å². The third kappa shape index (κ3) is 4.58. The maximum Gasteiger partial charge on any atom is 0.232 e. The molecule has 2 heterocycles. The lowest BCUT2D eigenvalue weighted by atomic mass is 10.1. The zero-order valence-electron chi connectivity index (χ0n) is 16.4. The fraction of sp³-hybridized carbons (Fsp3) is 0.125. The van der Waals surface area contributed by atoms with Crippen LogP contribution >= 0.6 is 0 Å². The van der Waals surface area contributed by atoms with E-state index in [4.69, 9.17) is 9.97 Å². The Labute approximate surface area is 171 Å². The lowest BCUT2D eigenvalue weighted by Crippen LogP contribution is -2.19. The van der Waals surface area contributed by atoms with Gasteiger partial charge in [0.25, 0.3) is 0 Å². The van der Waals surface area contributed by atoms with Crippen LogP contribution in [0.5, 0.6) is 0 Å². The molecule has 0 unspecified atom stereocenters. The number of nitrogens with one attached hydrogen (secondary N) is 1. The van der Waals surface area contributed by atoms with Crippen LogP contribution in [0.3, 0.4) is 0 Å². The van der Waals surface area contributed by atoms with E-state index in [9.17, 15) is 0 Å². The molecule has 0 atom stereocenters. The Balaban J connectivity index is 1.71. The molecule has 0 aliphatic rings. The van der Waals surface area contributed by atoms with Gasteiger partial charge in [0, 0.05) is 42.8 Å². The molecular weight excluding hydrogens is 358 g/mol. The normalized spacial score (nSPS) is 10.5. The summed E-state index contributed by atoms with van der Waals surface area (Å²) in [7, 11) is 0. The number of pyridine rings is 1. The molecular formula is C24H23N5. The number of para-hydroxylation sites is 1. The first-order valence-electron chi connectivity index (χ1n) is 9.73. The van der Waals surface area contributed by atoms with E-state index in [1.807, 2.05) is 54.6 Å². The molecule has 2 aromatic heterocycles. The Kier molecular flexibility index (Phi) is 5.76. The fourth-order valence-corrected chi connectivity index (χ4v) is 3.14. The maximum absolute atomic E-state index is 4.87. The molecule has 0 saturated carbocycles. The zero-order chi connectivity index (χ0) is 19.9. The summed E-state index contributed by atoms with van der Waals surface area (Å²) in [6, 6.07) is 26.4. The Bertz CT molecular complexity index is 1040. The number of nitrogens with zero attached hydrogens (tertiary/aromatic N) is 4. The van der Waals surface area contributed by atoms with Crippen LogP contribution in [-0.4, -0.2) is 21.5 Å². The first kappa shape index (κ1) is 18.6. The molecule has 0 spiro atoms. The lowest BCUT2D eigenvalue weighted by Gasteiger charge is -2.22. The van der Waals surface area contributed by atoms with Gasteiger partial charge in [-0.3, -0.25) is 4.98 Å². The molecule has 0 saturated heterocycles. The molecule has 4 aromatic rings. The molecule has 144 valence electrons. The number of rotatable bonds is 7. The van der Waals surface area contributed by atoms with Crippen molar-refractivity contribution in [3.63, 3.8) is 0 Å². The van der Waals surface area contributed by atoms with Crippen molar-refractivity contribution in [3.05, 3.63) is 96.8 Å². The zero-order valence-corrected chi connectivity index (χ0v) is 16.4. The summed E-state index contributed by atoms with van der Waals surface area (Å²) in [4.78, 5) is 15.9. The van der Waals surface area contributed by atoms with Crippen LogP contribution in [0.4, 0.5) is 17.5 Å². The van der Waals surface area contributed by atoms with Gasteiger partial charge in [-0.25, -0.2) is 4.98 Å². The van der Waals surface area contributed by atoms with Gasteiger partial charge in [0.05, 0.1) is 5.69 Å². The van der Waals surface area contributed by atoms with Gasteiger partial charge in [-0.05, 0) is 36.8 Å². The van der Waals surface area contributed by atoms with Crippen LogP contribution in [-0.2, 0) is 6.54 Å². The summed E-state index contributed by atoms with van der Waals surface area (Å²) < 4.78 is 0. The van der Waals surface area contributed by atoms with Crippen molar-refractivity contribution in [2.75, 3.05) is 16.8 Å². The highest BCUT2D eigenvalue weighted by Gasteiger charge is 2.14. The van der Waals surface area contributed by atoms with Crippen molar-refractivity contribution in [1.29, 1.82) is 0 Å². The fourth-order valence-electron chi connectivity index (χ4n) is 3.14. The number of aromatic nitrogens is 3. The van der Waals surface area contributed by atoms with Crippen molar-refractivity contribution in [1.82, 2.24) is 15.0 Å². The summed E-state index contributed by atoms with van der Waals surface area (Å²) in [6.45, 7) is 3.55. The number of hydrogen-bond donors (Lipinski definition) is 1. The standard InChI is InChI=1S/C24H23N5/c1-2-29(21-11-7-4-8-12-21)24-27-22(20-9-5-3-6-10-20)17-23(28-24)26-18-19-13-15-25-16-14-19/h3-17H,2,18H2,1H3,(H,26,27,28). The SMILES string of the molecule is CCN(c1ccccc1)c1nc(NCc2ccncc2)cc(-c2ccccc2)n1. The highest BCUT2D eigenvalue weighted by molar-refractivity contribution is 5.67. The van der Waals surface area contributed by atoms with Crippen molar-refractivity contribution in [3.8, 4) is 11.3 Å². The van der Waals surface area contributed by atoms with E-state index in [1.165, 1.54) is 0 Å². The summed E-state index contributed by atoms with van der Waals surface area (Å²) in [5.41, 5.74) is 4.17. The van der Waals surface area contributed by atoms with Gasteiger partial charge < -0.3 is 10.2 Å². The third-order valence-corrected chi connectivity index (χ3v) is 4.63. The predicted molar refractivity (Wildman–Crippen MR) is 118 cm³/mol. The van der Waals surface area contributed by atoms with Crippen molar-refractivity contribution in [2.24, 2.45) is 0 Å². The summed E-state index contributed by atoms with van der Waals surface area (Å²) in [5, 5.41) is 3.44. The molecule has 0 fully saturated rings. The van der Waals surface area contributed by atoms with Crippen LogP contribution in [0.1, 0.15) is 12.5 Å². The highest BCUT2D eigenvalue weighted by atomic mass is 15.3. The van der Waals surface area contributed by atoms with Gasteiger partial charge in [-0.1, -0.05) is 48.5 Å². The largest absolute Gasteiger partial charge is 0.366 e. The Morgan fingerprint density at radius 1 is 0.828 bits per heavy atom. The van der Waals surface area contributed by atoms with E-state index < -0.39 is 0 Å². The smallest absolute Gasteiger partial charge is 0.232 e. The summed E-state index contributed by atoms with van der Waals surface area (Å²) in [5.74, 6) is 1.47. The van der Waals surface area contributed by atoms with Crippen LogP contribution in [0.2, 0.25) is 0 Å². The molecule has 1 N–H and O–H groups in total. The molecule has 0 aliphatic carbocycles. The van der Waals surface area contributed by atoms with E-state index in [2.05, 4.69) is 46.4 Å². The number of anilines is 3. The lowest BCUT2D eigenvalue weighted by molar-refractivity contribution is 0.944. The number of hydrogen-bond acceptors (Lipinski definition) is 5. The second-order valence-corrected chi connectivity index (χ2v) is 6.59. The van der Waals surface area contributed by atoms with Gasteiger partial charge in [0.15, 0.2) is 0 Å². The molecule has 2 aromatic carbocycles. The highest BCUT2D eigenvalue weighted by Crippen LogP contribution is 2.27. The van der Waals surface area contributed by atoms with Gasteiger partial charge in [-0.2, -0.15) is 4.98 Å². The van der Waals surface area contributed by atoms with Gasteiger partial charge in [0.2, 0.25) is 5.95 Å². The summed E-state index contributed by atoms with van der Waals surface area (Å²) in [6.07, 6.45) is 3.60. The quantitative estimate of drug-likeness (QED) is 0.470. The molecule has 5 heteroatoms. The Morgan fingerprint density at radius 2 is 1.52 bits per heavy atom. The monoisotopic (exact) mass is 381 g/mol. The van der Waals surface area contributed by atoms with E-state index in [1.54, 1.807) is 12.4 Å². The second-order valence-electron chi connectivity index (χ2n) is 6.59. The molecule has 4 rings (SSSR count). The minimum Gasteiger partial charge on any atom is -0.366 e. The van der Waals surface area contributed by atoms with Crippen LogP contribution < -0.4 is 10.2 Å². The van der Waals surface area contributed by atoms with Gasteiger partial charge >= 0.3 is 0 Å². The molecule has 0 aliphatic heterocycles. The maximum atomic E-state index is 4.87. The number of benzene rings is 2. The van der Waals surface area contributed by atoms with Crippen molar-refractivity contribution < 1.29 is 0 Å². The third-order valence-electron chi connectivity index (χ3n) is 4.63. The van der Waals surface area contributed by atoms with Crippen LogP contribution in [0.25, 0.3) is 11.3 Å². The van der Waals surface area contributed by atoms with Crippen LogP contribution in [0, 0.1) is 0 Å². The van der Waals surface area contributed by atoms with E-state index in [0.29, 0.717) is 12.5 Å². The van der Waals surface area contributed by atoms with E-state index >= 15 is 0 Å². The molecule has 5 nitrogen and oxygen atoms in total.